The van der Waals surface area contributed by atoms with Crippen molar-refractivity contribution in [2.45, 2.75) is 33.5 Å². The topological polar surface area (TPSA) is 80.3 Å². The van der Waals surface area contributed by atoms with Crippen molar-refractivity contribution in [3.63, 3.8) is 0 Å². The van der Waals surface area contributed by atoms with Gasteiger partial charge in [0.15, 0.2) is 5.96 Å². The minimum atomic E-state index is 0. The third kappa shape index (κ3) is 7.18. The molecule has 0 aliphatic rings. The van der Waals surface area contributed by atoms with Crippen molar-refractivity contribution >= 4 is 29.9 Å². The van der Waals surface area contributed by atoms with Crippen LogP contribution in [0.25, 0.3) is 11.5 Å². The van der Waals surface area contributed by atoms with E-state index in [0.717, 1.165) is 35.9 Å². The van der Waals surface area contributed by atoms with Gasteiger partial charge in [-0.15, -0.1) is 24.0 Å². The molecule has 0 saturated heterocycles. The molecule has 0 fully saturated rings. The maximum Gasteiger partial charge on any atom is 0.226 e. The first-order valence-electron chi connectivity index (χ1n) is 10.8. The van der Waals surface area contributed by atoms with Gasteiger partial charge in [0.25, 0.3) is 0 Å². The zero-order chi connectivity index (χ0) is 22.2. The molecule has 0 unspecified atom stereocenters. The summed E-state index contributed by atoms with van der Waals surface area (Å²) in [5, 5.41) is 11.0. The van der Waals surface area contributed by atoms with Crippen molar-refractivity contribution in [3.8, 4) is 11.5 Å². The second kappa shape index (κ2) is 12.2. The Balaban J connectivity index is 0.00000306. The number of halogens is 1. The van der Waals surface area contributed by atoms with Gasteiger partial charge in [0.2, 0.25) is 5.89 Å². The fraction of sp³-hybridized carbons (Fsp3) is 0.240. The lowest BCUT2D eigenvalue weighted by Gasteiger charge is -2.09. The smallest absolute Gasteiger partial charge is 0.226 e. The maximum atomic E-state index is 5.64. The van der Waals surface area contributed by atoms with Crippen LogP contribution in [-0.4, -0.2) is 27.3 Å². The highest BCUT2D eigenvalue weighted by atomic mass is 127. The minimum Gasteiger partial charge on any atom is -0.444 e. The largest absolute Gasteiger partial charge is 0.444 e. The lowest BCUT2D eigenvalue weighted by molar-refractivity contribution is 0.572. The molecular formula is C25H29IN6O. The highest BCUT2D eigenvalue weighted by molar-refractivity contribution is 14.0. The molecule has 172 valence electrons. The molecule has 4 rings (SSSR count). The van der Waals surface area contributed by atoms with E-state index in [1.54, 1.807) is 6.26 Å². The number of aryl methyl sites for hydroxylation is 1. The molecule has 2 aromatic carbocycles. The lowest BCUT2D eigenvalue weighted by Crippen LogP contribution is -2.36. The Bertz CT molecular complexity index is 1150. The van der Waals surface area contributed by atoms with E-state index in [0.29, 0.717) is 19.0 Å². The number of nitrogens with one attached hydrogen (secondary N) is 2. The average molecular weight is 556 g/mol. The molecule has 2 N–H and O–H groups in total. The summed E-state index contributed by atoms with van der Waals surface area (Å²) in [6.07, 6.45) is 5.58. The van der Waals surface area contributed by atoms with Crippen LogP contribution in [0, 0.1) is 6.92 Å². The van der Waals surface area contributed by atoms with Gasteiger partial charge in [-0.3, -0.25) is 4.68 Å². The second-order valence-electron chi connectivity index (χ2n) is 7.59. The molecule has 2 heterocycles. The molecule has 0 amide bonds. The van der Waals surface area contributed by atoms with Gasteiger partial charge in [0.05, 0.1) is 31.5 Å². The molecule has 0 atom stereocenters. The highest BCUT2D eigenvalue weighted by Crippen LogP contribution is 2.19. The first kappa shape index (κ1) is 24.5. The van der Waals surface area contributed by atoms with Gasteiger partial charge >= 0.3 is 0 Å². The summed E-state index contributed by atoms with van der Waals surface area (Å²) in [6, 6.07) is 18.4. The van der Waals surface area contributed by atoms with E-state index in [1.165, 1.54) is 11.1 Å². The molecular weight excluding hydrogens is 527 g/mol. The molecule has 33 heavy (non-hydrogen) atoms. The van der Waals surface area contributed by atoms with Crippen LogP contribution in [0.4, 0.5) is 0 Å². The van der Waals surface area contributed by atoms with Crippen molar-refractivity contribution in [2.24, 2.45) is 4.99 Å². The SMILES string of the molecule is CCNC(=NCc1cnn(Cc2ccccc2)c1)NCc1coc(-c2ccc(C)cc2)n1.I. The Labute approximate surface area is 211 Å². The summed E-state index contributed by atoms with van der Waals surface area (Å²) in [5.74, 6) is 1.35. The molecule has 7 nitrogen and oxygen atoms in total. The van der Waals surface area contributed by atoms with E-state index in [9.17, 15) is 0 Å². The minimum absolute atomic E-state index is 0. The Morgan fingerprint density at radius 1 is 1.03 bits per heavy atom. The van der Waals surface area contributed by atoms with E-state index in [-0.39, 0.29) is 24.0 Å². The van der Waals surface area contributed by atoms with E-state index >= 15 is 0 Å². The van der Waals surface area contributed by atoms with Gasteiger partial charge in [0, 0.05) is 23.9 Å². The number of benzene rings is 2. The summed E-state index contributed by atoms with van der Waals surface area (Å²) in [7, 11) is 0. The van der Waals surface area contributed by atoms with Crippen LogP contribution in [-0.2, 0) is 19.6 Å². The van der Waals surface area contributed by atoms with Gasteiger partial charge in [-0.25, -0.2) is 9.98 Å². The van der Waals surface area contributed by atoms with Crippen molar-refractivity contribution in [3.05, 3.63) is 95.6 Å². The molecule has 0 aliphatic heterocycles. The third-order valence-electron chi connectivity index (χ3n) is 4.93. The van der Waals surface area contributed by atoms with Crippen LogP contribution in [0.15, 0.2) is 82.7 Å². The molecule has 0 radical (unpaired) electrons. The predicted octanol–water partition coefficient (Wildman–Crippen LogP) is 4.77. The third-order valence-corrected chi connectivity index (χ3v) is 4.93. The Morgan fingerprint density at radius 2 is 1.82 bits per heavy atom. The summed E-state index contributed by atoms with van der Waals surface area (Å²) in [5.41, 5.74) is 5.27. The van der Waals surface area contributed by atoms with E-state index in [4.69, 9.17) is 4.42 Å². The molecule has 4 aromatic rings. The van der Waals surface area contributed by atoms with Crippen LogP contribution in [0.3, 0.4) is 0 Å². The molecule has 8 heteroatoms. The number of aliphatic imine (C=N–C) groups is 1. The van der Waals surface area contributed by atoms with Crippen molar-refractivity contribution in [2.75, 3.05) is 6.54 Å². The number of hydrogen-bond acceptors (Lipinski definition) is 4. The molecule has 0 saturated carbocycles. The van der Waals surface area contributed by atoms with Crippen LogP contribution < -0.4 is 10.6 Å². The Kier molecular flexibility index (Phi) is 9.05. The molecule has 2 aromatic heterocycles. The maximum absolute atomic E-state index is 5.64. The number of oxazole rings is 1. The second-order valence-corrected chi connectivity index (χ2v) is 7.59. The molecule has 0 bridgehead atoms. The summed E-state index contributed by atoms with van der Waals surface area (Å²) in [4.78, 5) is 9.25. The van der Waals surface area contributed by atoms with Gasteiger partial charge < -0.3 is 15.1 Å². The summed E-state index contributed by atoms with van der Waals surface area (Å²) in [6.45, 7) is 6.68. The standard InChI is InChI=1S/C25H28N6O.HI/c1-3-26-25(27-13-21-14-29-31(17-21)16-20-7-5-4-6-8-20)28-15-23-18-32-24(30-23)22-11-9-19(2)10-12-22;/h4-12,14,17-18H,3,13,15-16H2,1-2H3,(H2,26,27,28);1H. The quantitative estimate of drug-likeness (QED) is 0.186. The first-order valence-corrected chi connectivity index (χ1v) is 10.8. The predicted molar refractivity (Wildman–Crippen MR) is 142 cm³/mol. The summed E-state index contributed by atoms with van der Waals surface area (Å²) >= 11 is 0. The number of aromatic nitrogens is 3. The first-order chi connectivity index (χ1) is 15.7. The zero-order valence-electron chi connectivity index (χ0n) is 18.9. The van der Waals surface area contributed by atoms with Gasteiger partial charge in [-0.2, -0.15) is 5.10 Å². The van der Waals surface area contributed by atoms with Gasteiger partial charge in [0.1, 0.15) is 6.26 Å². The van der Waals surface area contributed by atoms with E-state index in [1.807, 2.05) is 54.3 Å². The summed E-state index contributed by atoms with van der Waals surface area (Å²) < 4.78 is 7.57. The number of guanidine groups is 1. The lowest BCUT2D eigenvalue weighted by atomic mass is 10.1. The van der Waals surface area contributed by atoms with Crippen LogP contribution >= 0.6 is 24.0 Å². The Hall–Kier alpha value is -3.14. The van der Waals surface area contributed by atoms with Crippen LogP contribution in [0.1, 0.15) is 29.3 Å². The number of hydrogen-bond donors (Lipinski definition) is 2. The highest BCUT2D eigenvalue weighted by Gasteiger charge is 2.08. The normalized spacial score (nSPS) is 11.2. The Morgan fingerprint density at radius 3 is 2.58 bits per heavy atom. The van der Waals surface area contributed by atoms with E-state index in [2.05, 4.69) is 56.9 Å². The fourth-order valence-corrected chi connectivity index (χ4v) is 3.25. The average Bonchev–Trinajstić information content (AvgIpc) is 3.47. The van der Waals surface area contributed by atoms with Crippen molar-refractivity contribution in [1.82, 2.24) is 25.4 Å². The van der Waals surface area contributed by atoms with Crippen molar-refractivity contribution < 1.29 is 4.42 Å². The van der Waals surface area contributed by atoms with Crippen LogP contribution in [0.2, 0.25) is 0 Å². The monoisotopic (exact) mass is 556 g/mol. The number of nitrogens with zero attached hydrogens (tertiary/aromatic N) is 4. The molecule has 0 aliphatic carbocycles. The zero-order valence-corrected chi connectivity index (χ0v) is 21.2. The van der Waals surface area contributed by atoms with E-state index < -0.39 is 0 Å². The van der Waals surface area contributed by atoms with Gasteiger partial charge in [-0.1, -0.05) is 48.0 Å². The molecule has 0 spiro atoms. The van der Waals surface area contributed by atoms with Gasteiger partial charge in [-0.05, 0) is 31.5 Å². The van der Waals surface area contributed by atoms with Crippen LogP contribution in [0.5, 0.6) is 0 Å². The fourth-order valence-electron chi connectivity index (χ4n) is 3.25. The van der Waals surface area contributed by atoms with Crippen molar-refractivity contribution in [1.29, 1.82) is 0 Å². The number of rotatable bonds is 8.